The van der Waals surface area contributed by atoms with Gasteiger partial charge in [-0.25, -0.2) is 8.78 Å². The Hall–Kier alpha value is -5.16. The number of rotatable bonds is 8. The van der Waals surface area contributed by atoms with E-state index in [1.165, 1.54) is 25.3 Å². The summed E-state index contributed by atoms with van der Waals surface area (Å²) in [5.74, 6) is 0.408. The van der Waals surface area contributed by atoms with Crippen molar-refractivity contribution in [3.8, 4) is 27.6 Å². The van der Waals surface area contributed by atoms with E-state index in [0.29, 0.717) is 48.0 Å². The van der Waals surface area contributed by atoms with Crippen LogP contribution in [0.3, 0.4) is 0 Å². The molecule has 2 aliphatic heterocycles. The van der Waals surface area contributed by atoms with Crippen LogP contribution in [0, 0.1) is 18.6 Å². The lowest BCUT2D eigenvalue weighted by molar-refractivity contribution is 0.0776. The predicted octanol–water partition coefficient (Wildman–Crippen LogP) is 8.78. The molecule has 5 heterocycles. The van der Waals surface area contributed by atoms with Gasteiger partial charge in [-0.3, -0.25) is 9.78 Å². The average Bonchev–Trinajstić information content (AvgIpc) is 3.96. The molecule has 0 spiro atoms. The van der Waals surface area contributed by atoms with Crippen molar-refractivity contribution in [2.75, 3.05) is 19.0 Å². The molecule has 9 rings (SSSR count). The molecule has 252 valence electrons. The molecule has 1 saturated heterocycles. The number of halogens is 2. The first kappa shape index (κ1) is 30.9. The molecule has 3 aliphatic rings. The Morgan fingerprint density at radius 1 is 1.02 bits per heavy atom. The molecule has 50 heavy (non-hydrogen) atoms. The first-order chi connectivity index (χ1) is 24.4. The Morgan fingerprint density at radius 3 is 2.68 bits per heavy atom. The Morgan fingerprint density at radius 2 is 1.88 bits per heavy atom. The first-order valence-corrected chi connectivity index (χ1v) is 17.8. The fraction of sp³-hybridized carbons (Fsp3) is 0.282. The summed E-state index contributed by atoms with van der Waals surface area (Å²) < 4.78 is 40.8. The monoisotopic (exact) mass is 689 g/mol. The van der Waals surface area contributed by atoms with Gasteiger partial charge in [0.05, 0.1) is 52.1 Å². The van der Waals surface area contributed by atoms with Gasteiger partial charge in [0.2, 0.25) is 11.8 Å². The number of pyridine rings is 1. The molecular weight excluding hydrogens is 657 g/mol. The molecule has 1 amide bonds. The number of hydrogen-bond donors (Lipinski definition) is 1. The van der Waals surface area contributed by atoms with Crippen molar-refractivity contribution in [2.24, 2.45) is 0 Å². The number of anilines is 1. The van der Waals surface area contributed by atoms with E-state index in [2.05, 4.69) is 33.7 Å². The van der Waals surface area contributed by atoms with Crippen LogP contribution in [-0.2, 0) is 19.3 Å². The highest BCUT2D eigenvalue weighted by Gasteiger charge is 2.45. The summed E-state index contributed by atoms with van der Waals surface area (Å²) in [5.41, 5.74) is 7.50. The first-order valence-electron chi connectivity index (χ1n) is 17.0. The highest BCUT2D eigenvalue weighted by molar-refractivity contribution is 7.23. The topological polar surface area (TPSA) is 93.4 Å². The van der Waals surface area contributed by atoms with Gasteiger partial charge >= 0.3 is 0 Å². The lowest BCUT2D eigenvalue weighted by Gasteiger charge is -2.17. The van der Waals surface area contributed by atoms with Crippen molar-refractivity contribution in [2.45, 2.75) is 57.5 Å². The van der Waals surface area contributed by atoms with Gasteiger partial charge in [0.1, 0.15) is 5.82 Å². The van der Waals surface area contributed by atoms with Crippen LogP contribution in [0.5, 0.6) is 5.75 Å². The molecule has 0 bridgehead atoms. The summed E-state index contributed by atoms with van der Waals surface area (Å²) in [4.78, 5) is 22.3. The van der Waals surface area contributed by atoms with Crippen LogP contribution in [-0.4, -0.2) is 39.6 Å². The average molecular weight is 690 g/mol. The van der Waals surface area contributed by atoms with Crippen LogP contribution in [0.2, 0.25) is 0 Å². The third-order valence-electron chi connectivity index (χ3n) is 10.3. The maximum absolute atomic E-state index is 14.5. The van der Waals surface area contributed by atoms with E-state index in [9.17, 15) is 13.6 Å². The number of aryl methyl sites for hydroxylation is 3. The lowest BCUT2D eigenvalue weighted by Crippen LogP contribution is -2.22. The Kier molecular flexibility index (Phi) is 7.42. The van der Waals surface area contributed by atoms with Crippen molar-refractivity contribution < 1.29 is 22.7 Å². The summed E-state index contributed by atoms with van der Waals surface area (Å²) in [6.45, 7) is 2.44. The van der Waals surface area contributed by atoms with Crippen molar-refractivity contribution in [1.82, 2.24) is 20.1 Å². The van der Waals surface area contributed by atoms with E-state index in [-0.39, 0.29) is 29.6 Å². The van der Waals surface area contributed by atoms with E-state index in [1.807, 2.05) is 17.0 Å². The van der Waals surface area contributed by atoms with E-state index in [0.717, 1.165) is 80.0 Å². The zero-order valence-corrected chi connectivity index (χ0v) is 28.4. The van der Waals surface area contributed by atoms with E-state index in [4.69, 9.17) is 14.1 Å². The number of fused-ring (bicyclic) bond motifs is 5. The van der Waals surface area contributed by atoms with Crippen LogP contribution in [0.15, 0.2) is 65.1 Å². The van der Waals surface area contributed by atoms with Crippen LogP contribution in [0.1, 0.15) is 75.7 Å². The second-order valence-electron chi connectivity index (χ2n) is 13.2. The summed E-state index contributed by atoms with van der Waals surface area (Å²) in [7, 11) is 1.51. The number of aromatic nitrogens is 3. The SMILES string of the molecule is COc1c(F)ccc2c1CC[C@@H]2Nc1cccc2cc(-c3c4c(nc(CCc5ccc(F)cc5)c3-c3nnc(C)o3)C3CCCN3C4=O)sc12. The summed E-state index contributed by atoms with van der Waals surface area (Å²) in [6, 6.07) is 18.1. The number of carbonyl (C=O) groups excluding carboxylic acids is 1. The van der Waals surface area contributed by atoms with Crippen molar-refractivity contribution in [3.05, 3.63) is 112 Å². The molecule has 6 aromatic rings. The molecule has 0 saturated carbocycles. The quantitative estimate of drug-likeness (QED) is 0.171. The number of nitrogens with one attached hydrogen (secondary N) is 1. The maximum Gasteiger partial charge on any atom is 0.257 e. The van der Waals surface area contributed by atoms with Crippen LogP contribution in [0.25, 0.3) is 32.0 Å². The molecule has 1 fully saturated rings. The van der Waals surface area contributed by atoms with E-state index < -0.39 is 0 Å². The molecule has 1 aliphatic carbocycles. The van der Waals surface area contributed by atoms with Gasteiger partial charge in [-0.15, -0.1) is 21.5 Å². The van der Waals surface area contributed by atoms with Gasteiger partial charge in [0.25, 0.3) is 5.91 Å². The minimum Gasteiger partial charge on any atom is -0.493 e. The van der Waals surface area contributed by atoms with Gasteiger partial charge in [0.15, 0.2) is 11.6 Å². The smallest absolute Gasteiger partial charge is 0.257 e. The molecule has 3 aromatic carbocycles. The third kappa shape index (κ3) is 4.97. The van der Waals surface area contributed by atoms with E-state index >= 15 is 0 Å². The molecule has 2 atom stereocenters. The number of ether oxygens (including phenoxy) is 1. The van der Waals surface area contributed by atoms with Crippen LogP contribution >= 0.6 is 11.3 Å². The molecule has 3 aromatic heterocycles. The van der Waals surface area contributed by atoms with Gasteiger partial charge < -0.3 is 19.4 Å². The Bertz CT molecular complexity index is 2320. The summed E-state index contributed by atoms with van der Waals surface area (Å²) in [6.07, 6.45) is 4.47. The Labute approximate surface area is 291 Å². The van der Waals surface area contributed by atoms with Gasteiger partial charge in [-0.1, -0.05) is 30.3 Å². The molecule has 8 nitrogen and oxygen atoms in total. The lowest BCUT2D eigenvalue weighted by atomic mass is 9.93. The third-order valence-corrected chi connectivity index (χ3v) is 11.5. The van der Waals surface area contributed by atoms with Gasteiger partial charge in [-0.2, -0.15) is 0 Å². The van der Waals surface area contributed by atoms with Crippen molar-refractivity contribution in [3.63, 3.8) is 0 Å². The fourth-order valence-electron chi connectivity index (χ4n) is 8.02. The number of nitrogens with zero attached hydrogens (tertiary/aromatic N) is 4. The van der Waals surface area contributed by atoms with Crippen LogP contribution < -0.4 is 10.1 Å². The summed E-state index contributed by atoms with van der Waals surface area (Å²) in [5, 5.41) is 13.4. The number of amides is 1. The van der Waals surface area contributed by atoms with Crippen LogP contribution in [0.4, 0.5) is 14.5 Å². The zero-order valence-electron chi connectivity index (χ0n) is 27.6. The molecule has 1 unspecified atom stereocenters. The highest BCUT2D eigenvalue weighted by atomic mass is 32.1. The minimum atomic E-state index is -0.346. The minimum absolute atomic E-state index is 0.00966. The number of hydrogen-bond acceptors (Lipinski definition) is 8. The van der Waals surface area contributed by atoms with E-state index in [1.54, 1.807) is 30.4 Å². The maximum atomic E-state index is 14.5. The second-order valence-corrected chi connectivity index (χ2v) is 14.2. The number of benzene rings is 3. The number of carbonyl (C=O) groups is 1. The van der Waals surface area contributed by atoms with Crippen molar-refractivity contribution >= 4 is 33.0 Å². The van der Waals surface area contributed by atoms with Gasteiger partial charge in [-0.05, 0) is 85.4 Å². The second kappa shape index (κ2) is 12.0. The Balaban J connectivity index is 1.20. The largest absolute Gasteiger partial charge is 0.493 e. The molecule has 0 radical (unpaired) electrons. The fourth-order valence-corrected chi connectivity index (χ4v) is 9.21. The summed E-state index contributed by atoms with van der Waals surface area (Å²) >= 11 is 1.61. The molecule has 1 N–H and O–H groups in total. The van der Waals surface area contributed by atoms with Gasteiger partial charge in [0, 0.05) is 29.5 Å². The zero-order chi connectivity index (χ0) is 34.1. The molecule has 11 heteroatoms. The number of thiophene rings is 1. The number of methoxy groups -OCH3 is 1. The normalized spacial score (nSPS) is 17.8. The standard InChI is InChI=1S/C39H33F2N5O3S/c1-20-44-45-38(49-20)32-28(16-10-21-8-11-23(40)12-9-21)43-35-30-7-4-18-46(30)39(47)34(35)33(32)31-19-22-5-3-6-29(37(22)50-31)42-27-17-14-25-24(27)13-15-26(41)36(25)48-2/h3,5-6,8-9,11-13,15,19,27,30,42H,4,7,10,14,16-18H2,1-2H3/t27-,30?/m0/s1. The predicted molar refractivity (Wildman–Crippen MR) is 188 cm³/mol. The molecular formula is C39H33F2N5O3S. The highest BCUT2D eigenvalue weighted by Crippen LogP contribution is 2.51. The van der Waals surface area contributed by atoms with Crippen molar-refractivity contribution in [1.29, 1.82) is 0 Å².